The van der Waals surface area contributed by atoms with Crippen LogP contribution in [0, 0.1) is 0 Å². The molecule has 1 aliphatic rings. The number of hydrogen-bond donors (Lipinski definition) is 1. The van der Waals surface area contributed by atoms with Crippen molar-refractivity contribution in [2.45, 2.75) is 13.3 Å². The number of rotatable bonds is 6. The van der Waals surface area contributed by atoms with Crippen LogP contribution in [-0.2, 0) is 11.2 Å². The Morgan fingerprint density at radius 1 is 1.32 bits per heavy atom. The summed E-state index contributed by atoms with van der Waals surface area (Å²) in [6.07, 6.45) is 0.715. The Labute approximate surface area is 134 Å². The lowest BCUT2D eigenvalue weighted by Gasteiger charge is -2.09. The number of thioether (sulfide) groups is 1. The van der Waals surface area contributed by atoms with Gasteiger partial charge in [-0.3, -0.25) is 9.79 Å². The first-order valence-corrected chi connectivity index (χ1v) is 7.87. The molecule has 0 saturated carbocycles. The van der Waals surface area contributed by atoms with Gasteiger partial charge in [-0.05, 0) is 31.0 Å². The molecule has 118 valence electrons. The molecule has 0 atom stereocenters. The molecule has 0 aromatic heterocycles. The van der Waals surface area contributed by atoms with E-state index in [4.69, 9.17) is 9.47 Å². The van der Waals surface area contributed by atoms with E-state index in [0.29, 0.717) is 41.5 Å². The van der Waals surface area contributed by atoms with Crippen LogP contribution in [0.2, 0.25) is 0 Å². The molecule has 1 N–H and O–H groups in total. The van der Waals surface area contributed by atoms with Crippen LogP contribution in [0.5, 0.6) is 11.5 Å². The minimum Gasteiger partial charge on any atom is -0.511 e. The zero-order chi connectivity index (χ0) is 16.1. The summed E-state index contributed by atoms with van der Waals surface area (Å²) in [5.41, 5.74) is 2.02. The second-order valence-corrected chi connectivity index (χ2v) is 5.75. The fraction of sp³-hybridized carbons (Fsp3) is 0.375. The topological polar surface area (TPSA) is 68.1 Å². The van der Waals surface area contributed by atoms with Crippen molar-refractivity contribution in [2.75, 3.05) is 26.5 Å². The van der Waals surface area contributed by atoms with E-state index in [1.807, 2.05) is 18.2 Å². The van der Waals surface area contributed by atoms with Gasteiger partial charge in [-0.25, -0.2) is 0 Å². The van der Waals surface area contributed by atoms with Crippen LogP contribution in [0.25, 0.3) is 0 Å². The largest absolute Gasteiger partial charge is 0.511 e. The maximum absolute atomic E-state index is 11.6. The number of hydrogen-bond acceptors (Lipinski definition) is 6. The number of nitrogens with zero attached hydrogens (tertiary/aromatic N) is 1. The van der Waals surface area contributed by atoms with Gasteiger partial charge in [-0.2, -0.15) is 0 Å². The zero-order valence-electron chi connectivity index (χ0n) is 12.9. The molecule has 22 heavy (non-hydrogen) atoms. The number of carbonyl (C=O) groups excluding carboxylic acids is 1. The second-order valence-electron chi connectivity index (χ2n) is 4.80. The maximum Gasteiger partial charge on any atom is 0.225 e. The smallest absolute Gasteiger partial charge is 0.225 e. The summed E-state index contributed by atoms with van der Waals surface area (Å²) in [5, 5.41) is 9.59. The van der Waals surface area contributed by atoms with Gasteiger partial charge in [0.2, 0.25) is 5.12 Å². The summed E-state index contributed by atoms with van der Waals surface area (Å²) in [5.74, 6) is 1.84. The number of carbonyl (C=O) groups is 1. The lowest BCUT2D eigenvalue weighted by Crippen LogP contribution is -2.06. The van der Waals surface area contributed by atoms with E-state index in [2.05, 4.69) is 4.99 Å². The Balaban J connectivity index is 2.03. The van der Waals surface area contributed by atoms with Crippen molar-refractivity contribution in [2.24, 2.45) is 4.99 Å². The van der Waals surface area contributed by atoms with Crippen LogP contribution >= 0.6 is 11.8 Å². The normalized spacial score (nSPS) is 15.4. The summed E-state index contributed by atoms with van der Waals surface area (Å²) in [6.45, 7) is 2.29. The molecule has 0 amide bonds. The molecular weight excluding hydrogens is 302 g/mol. The summed E-state index contributed by atoms with van der Waals surface area (Å²) in [6, 6.07) is 5.73. The van der Waals surface area contributed by atoms with Crippen LogP contribution in [0.3, 0.4) is 0 Å². The van der Waals surface area contributed by atoms with Crippen LogP contribution in [0.1, 0.15) is 12.5 Å². The van der Waals surface area contributed by atoms with Gasteiger partial charge < -0.3 is 14.6 Å². The van der Waals surface area contributed by atoms with Gasteiger partial charge >= 0.3 is 0 Å². The van der Waals surface area contributed by atoms with Crippen LogP contribution in [-0.4, -0.2) is 42.5 Å². The Morgan fingerprint density at radius 3 is 2.64 bits per heavy atom. The third kappa shape index (κ3) is 3.62. The molecule has 5 nitrogen and oxygen atoms in total. The monoisotopic (exact) mass is 321 g/mol. The van der Waals surface area contributed by atoms with Crippen molar-refractivity contribution in [3.05, 3.63) is 35.1 Å². The molecule has 0 radical (unpaired) electrons. The first-order valence-electron chi connectivity index (χ1n) is 6.88. The fourth-order valence-electron chi connectivity index (χ4n) is 2.22. The van der Waals surface area contributed by atoms with E-state index in [-0.39, 0.29) is 10.9 Å². The molecular formula is C16H19NO4S. The van der Waals surface area contributed by atoms with Gasteiger partial charge in [0, 0.05) is 12.3 Å². The standard InChI is InChI=1S/C16H19NO4S/c1-10(15-12(18)9-22-16(15)19)17-7-6-11-4-5-13(20-2)14(8-11)21-3/h4-5,8,18H,6-7,9H2,1-3H3. The highest BCUT2D eigenvalue weighted by Crippen LogP contribution is 2.28. The molecule has 1 heterocycles. The van der Waals surface area contributed by atoms with Crippen molar-refractivity contribution in [1.82, 2.24) is 0 Å². The van der Waals surface area contributed by atoms with Crippen molar-refractivity contribution in [3.63, 3.8) is 0 Å². The molecule has 6 heteroatoms. The number of aliphatic hydroxyl groups excluding tert-OH is 1. The number of methoxy groups -OCH3 is 2. The van der Waals surface area contributed by atoms with E-state index in [1.165, 1.54) is 0 Å². The van der Waals surface area contributed by atoms with E-state index < -0.39 is 0 Å². The van der Waals surface area contributed by atoms with Gasteiger partial charge in [-0.15, -0.1) is 0 Å². The average Bonchev–Trinajstić information content (AvgIpc) is 2.86. The van der Waals surface area contributed by atoms with E-state index in [9.17, 15) is 9.90 Å². The quantitative estimate of drug-likeness (QED) is 0.816. The second kappa shape index (κ2) is 7.35. The SMILES string of the molecule is COc1ccc(CCN=C(C)C2=C(O)CSC2=O)cc1OC. The Morgan fingerprint density at radius 2 is 2.05 bits per heavy atom. The number of aliphatic imine (C=N–C) groups is 1. The van der Waals surface area contributed by atoms with Crippen molar-refractivity contribution >= 4 is 22.6 Å². The molecule has 0 saturated heterocycles. The summed E-state index contributed by atoms with van der Waals surface area (Å²) in [4.78, 5) is 16.0. The maximum atomic E-state index is 11.6. The van der Waals surface area contributed by atoms with Crippen LogP contribution in [0.15, 0.2) is 34.5 Å². The molecule has 0 bridgehead atoms. The highest BCUT2D eigenvalue weighted by Gasteiger charge is 2.25. The lowest BCUT2D eigenvalue weighted by molar-refractivity contribution is -0.107. The first-order chi connectivity index (χ1) is 10.6. The molecule has 0 spiro atoms. The Kier molecular flexibility index (Phi) is 5.49. The minimum absolute atomic E-state index is 0.107. The molecule has 0 aliphatic carbocycles. The van der Waals surface area contributed by atoms with Crippen molar-refractivity contribution in [1.29, 1.82) is 0 Å². The molecule has 0 unspecified atom stereocenters. The van der Waals surface area contributed by atoms with Gasteiger partial charge in [0.1, 0.15) is 5.76 Å². The third-order valence-corrected chi connectivity index (χ3v) is 4.28. The molecule has 2 rings (SSSR count). The van der Waals surface area contributed by atoms with Crippen molar-refractivity contribution < 1.29 is 19.4 Å². The Hall–Kier alpha value is -1.95. The summed E-state index contributed by atoms with van der Waals surface area (Å²) in [7, 11) is 3.20. The predicted octanol–water partition coefficient (Wildman–Crippen LogP) is 2.79. The number of ether oxygens (including phenoxy) is 2. The predicted molar refractivity (Wildman–Crippen MR) is 88.3 cm³/mol. The van der Waals surface area contributed by atoms with Gasteiger partial charge in [0.05, 0.1) is 25.5 Å². The highest BCUT2D eigenvalue weighted by molar-refractivity contribution is 8.14. The number of aliphatic hydroxyl groups is 1. The average molecular weight is 321 g/mol. The lowest BCUT2D eigenvalue weighted by atomic mass is 10.1. The molecule has 1 aliphatic heterocycles. The van der Waals surface area contributed by atoms with Crippen LogP contribution in [0.4, 0.5) is 0 Å². The Bertz CT molecular complexity index is 637. The molecule has 1 aromatic carbocycles. The van der Waals surface area contributed by atoms with E-state index in [1.54, 1.807) is 21.1 Å². The molecule has 1 aromatic rings. The fourth-order valence-corrected chi connectivity index (χ4v) is 3.04. The third-order valence-electron chi connectivity index (χ3n) is 3.39. The van der Waals surface area contributed by atoms with Gasteiger partial charge in [-0.1, -0.05) is 17.8 Å². The van der Waals surface area contributed by atoms with E-state index >= 15 is 0 Å². The summed E-state index contributed by atoms with van der Waals surface area (Å²) < 4.78 is 10.5. The highest BCUT2D eigenvalue weighted by atomic mass is 32.2. The van der Waals surface area contributed by atoms with Crippen molar-refractivity contribution in [3.8, 4) is 11.5 Å². The van der Waals surface area contributed by atoms with Crippen LogP contribution < -0.4 is 9.47 Å². The number of benzene rings is 1. The summed E-state index contributed by atoms with van der Waals surface area (Å²) >= 11 is 1.11. The zero-order valence-corrected chi connectivity index (χ0v) is 13.7. The van der Waals surface area contributed by atoms with Gasteiger partial charge in [0.15, 0.2) is 11.5 Å². The van der Waals surface area contributed by atoms with E-state index in [0.717, 1.165) is 17.3 Å². The molecule has 0 fully saturated rings. The minimum atomic E-state index is -0.107. The van der Waals surface area contributed by atoms with Gasteiger partial charge in [0.25, 0.3) is 0 Å². The first kappa shape index (κ1) is 16.4.